The maximum Gasteiger partial charge on any atom is 0.283 e. The number of hydrogen-bond donors (Lipinski definition) is 0. The number of piperazine rings is 1. The number of morpholine rings is 1. The lowest BCUT2D eigenvalue weighted by molar-refractivity contribution is -0.150. The summed E-state index contributed by atoms with van der Waals surface area (Å²) in [6.07, 6.45) is 2.39. The Morgan fingerprint density at radius 2 is 1.79 bits per heavy atom. The van der Waals surface area contributed by atoms with Crippen molar-refractivity contribution in [1.29, 1.82) is 0 Å². The predicted molar refractivity (Wildman–Crippen MR) is 121 cm³/mol. The molecule has 0 saturated carbocycles. The summed E-state index contributed by atoms with van der Waals surface area (Å²) >= 11 is 0. The molecule has 0 radical (unpaired) electrons. The van der Waals surface area contributed by atoms with Crippen molar-refractivity contribution in [2.24, 2.45) is 0 Å². The van der Waals surface area contributed by atoms with Gasteiger partial charge in [0.15, 0.2) is 0 Å². The number of benzene rings is 1. The smallest absolute Gasteiger partial charge is 0.283 e. The lowest BCUT2D eigenvalue weighted by atomic mass is 9.79. The second-order valence-electron chi connectivity index (χ2n) is 9.55. The van der Waals surface area contributed by atoms with Crippen LogP contribution in [0.15, 0.2) is 12.1 Å². The quantitative estimate of drug-likeness (QED) is 0.654. The highest BCUT2D eigenvalue weighted by Crippen LogP contribution is 2.49. The molecule has 3 fully saturated rings. The molecule has 4 heterocycles. The van der Waals surface area contributed by atoms with Gasteiger partial charge in [-0.1, -0.05) is 0 Å². The minimum Gasteiger partial charge on any atom is -0.497 e. The Morgan fingerprint density at radius 3 is 2.45 bits per heavy atom. The Kier molecular flexibility index (Phi) is 5.83. The van der Waals surface area contributed by atoms with Crippen molar-refractivity contribution in [3.63, 3.8) is 0 Å². The molecule has 182 valence electrons. The maximum atomic E-state index is 14.0. The monoisotopic (exact) mass is 479 g/mol. The van der Waals surface area contributed by atoms with Crippen LogP contribution in [0.4, 0.5) is 0 Å². The summed E-state index contributed by atoms with van der Waals surface area (Å²) in [5.74, 6) is 1.24. The first-order valence-electron chi connectivity index (χ1n) is 11.8. The van der Waals surface area contributed by atoms with Crippen LogP contribution in [0.5, 0.6) is 11.5 Å². The van der Waals surface area contributed by atoms with E-state index in [2.05, 4.69) is 0 Å². The third kappa shape index (κ3) is 3.62. The molecule has 0 aromatic heterocycles. The van der Waals surface area contributed by atoms with Gasteiger partial charge in [0.2, 0.25) is 5.91 Å². The SMILES string of the molecule is COc1cc2c(c(OC)c1)C1C3CCCC(C(=O)N1CC2)N3S(=O)(=O)N1C[C@@H](C)O[C@@H](C)C1. The fourth-order valence-corrected chi connectivity index (χ4v) is 8.32. The third-order valence-electron chi connectivity index (χ3n) is 7.43. The molecule has 0 spiro atoms. The van der Waals surface area contributed by atoms with Crippen LogP contribution in [0.25, 0.3) is 0 Å². The number of methoxy groups -OCH3 is 2. The molecule has 3 saturated heterocycles. The summed E-state index contributed by atoms with van der Waals surface area (Å²) in [5, 5.41) is 0. The van der Waals surface area contributed by atoms with Gasteiger partial charge in [-0.2, -0.15) is 17.0 Å². The van der Waals surface area contributed by atoms with Crippen LogP contribution >= 0.6 is 0 Å². The van der Waals surface area contributed by atoms with Crippen molar-refractivity contribution < 1.29 is 27.4 Å². The highest BCUT2D eigenvalue weighted by Gasteiger charge is 2.57. The van der Waals surface area contributed by atoms with Gasteiger partial charge in [-0.25, -0.2) is 0 Å². The number of piperidine rings is 1. The molecule has 10 heteroatoms. The van der Waals surface area contributed by atoms with Gasteiger partial charge < -0.3 is 19.1 Å². The Hall–Kier alpha value is -1.88. The van der Waals surface area contributed by atoms with E-state index >= 15 is 0 Å². The van der Waals surface area contributed by atoms with E-state index in [9.17, 15) is 13.2 Å². The van der Waals surface area contributed by atoms with Gasteiger partial charge in [0, 0.05) is 31.3 Å². The minimum absolute atomic E-state index is 0.0996. The molecule has 3 unspecified atom stereocenters. The van der Waals surface area contributed by atoms with Gasteiger partial charge in [-0.15, -0.1) is 0 Å². The van der Waals surface area contributed by atoms with Crippen LogP contribution in [0.1, 0.15) is 50.3 Å². The zero-order valence-electron chi connectivity index (χ0n) is 19.7. The molecular weight excluding hydrogens is 446 g/mol. The minimum atomic E-state index is -3.85. The second kappa shape index (κ2) is 8.41. The number of rotatable bonds is 4. The van der Waals surface area contributed by atoms with E-state index in [1.54, 1.807) is 14.2 Å². The standard InChI is InChI=1S/C23H33N3O6S/c1-14-12-24(13-15(2)32-14)33(28,29)26-18-6-5-7-19(26)23(27)25-9-8-16-10-17(30-3)11-20(31-4)21(16)22(18)25/h10-11,14-15,18-19,22H,5-9,12-13H2,1-4H3/t14-,15+,18?,19?,22?. The van der Waals surface area contributed by atoms with Crippen molar-refractivity contribution >= 4 is 16.1 Å². The molecular formula is C23H33N3O6S. The lowest BCUT2D eigenvalue weighted by Crippen LogP contribution is -2.69. The number of nitrogens with zero attached hydrogens (tertiary/aromatic N) is 3. The van der Waals surface area contributed by atoms with Gasteiger partial charge in [0.1, 0.15) is 17.5 Å². The highest BCUT2D eigenvalue weighted by molar-refractivity contribution is 7.86. The largest absolute Gasteiger partial charge is 0.497 e. The molecule has 5 rings (SSSR count). The lowest BCUT2D eigenvalue weighted by Gasteiger charge is -2.55. The Balaban J connectivity index is 1.60. The average Bonchev–Trinajstić information content (AvgIpc) is 2.80. The van der Waals surface area contributed by atoms with E-state index in [1.165, 1.54) is 8.61 Å². The van der Waals surface area contributed by atoms with E-state index in [0.29, 0.717) is 50.4 Å². The van der Waals surface area contributed by atoms with Crippen LogP contribution in [0.2, 0.25) is 0 Å². The van der Waals surface area contributed by atoms with Crippen LogP contribution < -0.4 is 9.47 Å². The topological polar surface area (TPSA) is 88.6 Å². The molecule has 5 atom stereocenters. The normalized spacial score (nSPS) is 32.8. The summed E-state index contributed by atoms with van der Waals surface area (Å²) in [6.45, 7) is 4.93. The zero-order chi connectivity index (χ0) is 23.5. The molecule has 4 aliphatic heterocycles. The summed E-state index contributed by atoms with van der Waals surface area (Å²) in [7, 11) is -0.635. The van der Waals surface area contributed by atoms with Gasteiger partial charge >= 0.3 is 0 Å². The van der Waals surface area contributed by atoms with E-state index < -0.39 is 16.3 Å². The molecule has 33 heavy (non-hydrogen) atoms. The van der Waals surface area contributed by atoms with Crippen LogP contribution in [-0.4, -0.2) is 86.0 Å². The number of carbonyl (C=O) groups is 1. The summed E-state index contributed by atoms with van der Waals surface area (Å²) in [5.41, 5.74) is 1.96. The van der Waals surface area contributed by atoms with Crippen LogP contribution in [-0.2, 0) is 26.2 Å². The van der Waals surface area contributed by atoms with Crippen LogP contribution in [0, 0.1) is 0 Å². The summed E-state index contributed by atoms with van der Waals surface area (Å²) in [4.78, 5) is 15.6. The van der Waals surface area contributed by atoms with Crippen molar-refractivity contribution in [2.45, 2.75) is 69.9 Å². The number of fused-ring (bicyclic) bond motifs is 6. The Morgan fingerprint density at radius 1 is 1.06 bits per heavy atom. The average molecular weight is 480 g/mol. The third-order valence-corrected chi connectivity index (χ3v) is 9.44. The first-order valence-corrected chi connectivity index (χ1v) is 13.1. The molecule has 1 amide bonds. The molecule has 0 aliphatic carbocycles. The number of hydrogen-bond acceptors (Lipinski definition) is 6. The van der Waals surface area contributed by atoms with Crippen LogP contribution in [0.3, 0.4) is 0 Å². The predicted octanol–water partition coefficient (Wildman–Crippen LogP) is 1.72. The van der Waals surface area contributed by atoms with Crippen molar-refractivity contribution in [3.8, 4) is 11.5 Å². The highest BCUT2D eigenvalue weighted by atomic mass is 32.2. The summed E-state index contributed by atoms with van der Waals surface area (Å²) in [6, 6.07) is 2.46. The van der Waals surface area contributed by atoms with Crippen molar-refractivity contribution in [1.82, 2.24) is 13.5 Å². The first kappa shape index (κ1) is 22.9. The van der Waals surface area contributed by atoms with Gasteiger partial charge in [-0.05, 0) is 51.2 Å². The van der Waals surface area contributed by atoms with E-state index in [1.807, 2.05) is 30.9 Å². The first-order chi connectivity index (χ1) is 15.8. The number of ether oxygens (including phenoxy) is 3. The van der Waals surface area contributed by atoms with E-state index in [0.717, 1.165) is 17.5 Å². The Labute approximate surface area is 195 Å². The van der Waals surface area contributed by atoms with Crippen molar-refractivity contribution in [3.05, 3.63) is 23.3 Å². The molecule has 4 aliphatic rings. The van der Waals surface area contributed by atoms with E-state index in [4.69, 9.17) is 14.2 Å². The maximum absolute atomic E-state index is 14.0. The zero-order valence-corrected chi connectivity index (χ0v) is 20.5. The van der Waals surface area contributed by atoms with Gasteiger partial charge in [0.25, 0.3) is 10.2 Å². The number of amides is 1. The molecule has 1 aromatic rings. The molecule has 9 nitrogen and oxygen atoms in total. The fourth-order valence-electron chi connectivity index (χ4n) is 6.18. The second-order valence-corrected chi connectivity index (χ2v) is 11.4. The Bertz CT molecular complexity index is 1020. The molecule has 0 N–H and O–H groups in total. The van der Waals surface area contributed by atoms with Crippen molar-refractivity contribution in [2.75, 3.05) is 33.9 Å². The van der Waals surface area contributed by atoms with E-state index in [-0.39, 0.29) is 30.2 Å². The molecule has 1 aromatic carbocycles. The van der Waals surface area contributed by atoms with Gasteiger partial charge in [0.05, 0.1) is 38.5 Å². The summed E-state index contributed by atoms with van der Waals surface area (Å²) < 4.78 is 48.0. The van der Waals surface area contributed by atoms with Gasteiger partial charge in [-0.3, -0.25) is 4.79 Å². The number of carbonyl (C=O) groups excluding carboxylic acids is 1. The fraction of sp³-hybridized carbons (Fsp3) is 0.696. The molecule has 2 bridgehead atoms.